The maximum Gasteiger partial charge on any atom is 0.326 e. The van der Waals surface area contributed by atoms with Crippen molar-refractivity contribution in [1.29, 1.82) is 0 Å². The Morgan fingerprint density at radius 2 is 1.48 bits per heavy atom. The first kappa shape index (κ1) is 64.6. The molecule has 1 saturated heterocycles. The van der Waals surface area contributed by atoms with E-state index < -0.39 is 95.4 Å². The van der Waals surface area contributed by atoms with E-state index in [0.29, 0.717) is 49.5 Å². The third kappa shape index (κ3) is 20.0. The number of benzene rings is 2. The van der Waals surface area contributed by atoms with Crippen molar-refractivity contribution in [3.63, 3.8) is 0 Å². The molecule has 0 spiro atoms. The van der Waals surface area contributed by atoms with E-state index in [1.807, 2.05) is 67.5 Å². The number of amides is 8. The molecule has 79 heavy (non-hydrogen) atoms. The van der Waals surface area contributed by atoms with Gasteiger partial charge < -0.3 is 62.6 Å². The molecule has 11 N–H and O–H groups in total. The largest absolute Gasteiger partial charge is 0.480 e. The normalized spacial score (nSPS) is 16.4. The van der Waals surface area contributed by atoms with Crippen LogP contribution in [0.4, 0.5) is 13.6 Å². The Morgan fingerprint density at radius 1 is 0.810 bits per heavy atom. The van der Waals surface area contributed by atoms with Gasteiger partial charge in [-0.3, -0.25) is 28.8 Å². The predicted octanol–water partition coefficient (Wildman–Crippen LogP) is 4.85. The van der Waals surface area contributed by atoms with E-state index in [0.717, 1.165) is 30.2 Å². The van der Waals surface area contributed by atoms with Gasteiger partial charge in [0.15, 0.2) is 0 Å². The molecule has 2 heterocycles. The van der Waals surface area contributed by atoms with Crippen molar-refractivity contribution < 1.29 is 57.4 Å². The second kappa shape index (κ2) is 31.0. The van der Waals surface area contributed by atoms with E-state index in [-0.39, 0.29) is 88.0 Å². The molecule has 8 amide bonds. The van der Waals surface area contributed by atoms with Crippen LogP contribution in [0, 0.1) is 28.9 Å². The summed E-state index contributed by atoms with van der Waals surface area (Å²) in [5, 5.41) is 33.4. The fraction of sp³-hybridized carbons (Fsp3) is 0.579. The average Bonchev–Trinajstić information content (AvgIpc) is 3.92. The van der Waals surface area contributed by atoms with Crippen LogP contribution in [0.25, 0.3) is 11.1 Å². The maximum absolute atomic E-state index is 15.2. The van der Waals surface area contributed by atoms with Crippen molar-refractivity contribution >= 4 is 47.4 Å². The number of primary amides is 1. The highest BCUT2D eigenvalue weighted by Gasteiger charge is 2.38. The summed E-state index contributed by atoms with van der Waals surface area (Å²) in [6, 6.07) is 8.10. The van der Waals surface area contributed by atoms with Crippen molar-refractivity contribution in [3.8, 4) is 11.1 Å². The van der Waals surface area contributed by atoms with Gasteiger partial charge in [0.25, 0.3) is 0 Å². The third-order valence-corrected chi connectivity index (χ3v) is 14.4. The van der Waals surface area contributed by atoms with Gasteiger partial charge in [-0.25, -0.2) is 18.4 Å². The summed E-state index contributed by atoms with van der Waals surface area (Å²) < 4.78 is 31.5. The zero-order valence-electron chi connectivity index (χ0n) is 46.8. The Bertz CT molecular complexity index is 2540. The summed E-state index contributed by atoms with van der Waals surface area (Å²) >= 11 is 0. The molecule has 4 rings (SSSR count). The number of halogens is 2. The lowest BCUT2D eigenvalue weighted by Crippen LogP contribution is -2.57. The van der Waals surface area contributed by atoms with Crippen LogP contribution in [0.5, 0.6) is 0 Å². The summed E-state index contributed by atoms with van der Waals surface area (Å²) in [6.45, 7) is 13.4. The van der Waals surface area contributed by atoms with E-state index in [2.05, 4.69) is 33.5 Å². The van der Waals surface area contributed by atoms with Crippen LogP contribution in [-0.2, 0) is 40.1 Å². The number of aliphatic hydroxyl groups is 1. The van der Waals surface area contributed by atoms with E-state index in [1.54, 1.807) is 26.1 Å². The highest BCUT2D eigenvalue weighted by atomic mass is 19.1. The lowest BCUT2D eigenvalue weighted by molar-refractivity contribution is -0.142. The number of unbranched alkanes of at least 4 members (excludes halogenated alkanes) is 3. The Morgan fingerprint density at radius 3 is 2.10 bits per heavy atom. The highest BCUT2D eigenvalue weighted by molar-refractivity contribution is 5.93. The number of nitrogens with zero attached hydrogens (tertiary/aromatic N) is 3. The van der Waals surface area contributed by atoms with Crippen molar-refractivity contribution in [3.05, 3.63) is 83.7 Å². The van der Waals surface area contributed by atoms with Gasteiger partial charge in [-0.05, 0) is 105 Å². The molecule has 6 unspecified atom stereocenters. The number of carboxylic acids is 1. The smallest absolute Gasteiger partial charge is 0.326 e. The molecule has 436 valence electrons. The van der Waals surface area contributed by atoms with Gasteiger partial charge >= 0.3 is 12.0 Å². The van der Waals surface area contributed by atoms with Crippen molar-refractivity contribution in [2.75, 3.05) is 32.8 Å². The standard InChI is InChI=1S/C57H84F2N10O10/c1-35(2)50(66-47(71)21-12-9-15-27-68-37(4)36(3)29-48(68)72)54(76)64-44(20-16-26-63-56(61)79)53(75)65-45(55(77)78)19-13-14-25-62-52(74)43(60)24-28-69(49(73)34-70)51(57(5,6)7)46-30-39(41-31-40(58)22-23-42(41)59)33-67(46)32-38-17-10-8-11-18-38/h8,10-11,17-18,22-23,30-31,33,35-37,43-45,50-51,70H,9,12-16,19-21,24-29,32,34,60H2,1-7H3,(H,62,74)(H,64,76)(H,65,75)(H,66,71)(H,77,78)(H3,61,63,79)/t36?,37?,43?,44?,45?,50-,51?/m0/s1. The van der Waals surface area contributed by atoms with Crippen molar-refractivity contribution in [1.82, 2.24) is 41.0 Å². The van der Waals surface area contributed by atoms with E-state index in [9.17, 15) is 53.0 Å². The summed E-state index contributed by atoms with van der Waals surface area (Å²) in [6.07, 6.45) is 4.89. The van der Waals surface area contributed by atoms with Gasteiger partial charge in [0, 0.05) is 74.6 Å². The number of aliphatic carboxylic acids is 1. The Balaban J connectivity index is 1.34. The van der Waals surface area contributed by atoms with Crippen LogP contribution in [0.2, 0.25) is 0 Å². The first-order valence-electron chi connectivity index (χ1n) is 27.4. The number of nitrogens with two attached hydrogens (primary N) is 2. The lowest BCUT2D eigenvalue weighted by Gasteiger charge is -2.41. The van der Waals surface area contributed by atoms with Crippen LogP contribution in [0.3, 0.4) is 0 Å². The Hall–Kier alpha value is -6.94. The number of hydrogen-bond acceptors (Lipinski definition) is 10. The molecular weight excluding hydrogens is 1020 g/mol. The number of aromatic nitrogens is 1. The third-order valence-electron chi connectivity index (χ3n) is 14.4. The molecule has 3 aromatic rings. The highest BCUT2D eigenvalue weighted by Crippen LogP contribution is 2.41. The molecule has 1 aliphatic heterocycles. The minimum absolute atomic E-state index is 0.0184. The maximum atomic E-state index is 15.2. The predicted molar refractivity (Wildman–Crippen MR) is 294 cm³/mol. The van der Waals surface area contributed by atoms with Gasteiger partial charge in [-0.1, -0.05) is 78.3 Å². The zero-order valence-corrected chi connectivity index (χ0v) is 46.8. The number of urea groups is 1. The summed E-state index contributed by atoms with van der Waals surface area (Å²) in [7, 11) is 0. The molecule has 1 aliphatic rings. The van der Waals surface area contributed by atoms with Gasteiger partial charge in [-0.2, -0.15) is 0 Å². The molecule has 7 atom stereocenters. The summed E-state index contributed by atoms with van der Waals surface area (Å²) in [4.78, 5) is 107. The number of aliphatic hydroxyl groups excluding tert-OH is 1. The number of carbonyl (C=O) groups excluding carboxylic acids is 7. The molecule has 22 heteroatoms. The first-order valence-corrected chi connectivity index (χ1v) is 27.4. The second-order valence-electron chi connectivity index (χ2n) is 22.1. The molecule has 2 aromatic carbocycles. The van der Waals surface area contributed by atoms with Crippen LogP contribution in [0.15, 0.2) is 60.8 Å². The SMILES string of the molecule is CC1CC(=O)N(CCCCCC(=O)N[C@H](C(=O)NC(CCCNC(N)=O)C(=O)NC(CCCCNC(=O)C(N)CCN(C(=O)CO)C(c2cc(-c3cc(F)ccc3F)cn2Cc2ccccc2)C(C)(C)C)C(=O)O)C(C)C)C1C. The number of likely N-dealkylation sites (tertiary alicyclic amines) is 1. The minimum atomic E-state index is -1.40. The van der Waals surface area contributed by atoms with Crippen LogP contribution in [-0.4, -0.2) is 135 Å². The Kier molecular flexibility index (Phi) is 25.3. The topological polar surface area (TPSA) is 301 Å². The molecule has 1 fully saturated rings. The van der Waals surface area contributed by atoms with Crippen LogP contribution >= 0.6 is 0 Å². The van der Waals surface area contributed by atoms with E-state index in [1.165, 1.54) is 4.90 Å². The fourth-order valence-corrected chi connectivity index (χ4v) is 9.85. The molecule has 20 nitrogen and oxygen atoms in total. The van der Waals surface area contributed by atoms with Gasteiger partial charge in [0.1, 0.15) is 36.4 Å². The second-order valence-corrected chi connectivity index (χ2v) is 22.1. The molecule has 0 bridgehead atoms. The number of hydrogen-bond donors (Lipinski definition) is 9. The van der Waals surface area contributed by atoms with Gasteiger partial charge in [0.05, 0.1) is 12.1 Å². The van der Waals surface area contributed by atoms with E-state index >= 15 is 4.39 Å². The van der Waals surface area contributed by atoms with Gasteiger partial charge in [-0.15, -0.1) is 0 Å². The van der Waals surface area contributed by atoms with E-state index in [4.69, 9.17) is 11.5 Å². The van der Waals surface area contributed by atoms with Crippen molar-refractivity contribution in [2.24, 2.45) is 28.7 Å². The monoisotopic (exact) mass is 1110 g/mol. The van der Waals surface area contributed by atoms with Crippen molar-refractivity contribution in [2.45, 2.75) is 162 Å². The van der Waals surface area contributed by atoms with Gasteiger partial charge in [0.2, 0.25) is 35.4 Å². The Labute approximate surface area is 462 Å². The minimum Gasteiger partial charge on any atom is -0.480 e. The summed E-state index contributed by atoms with van der Waals surface area (Å²) in [5.74, 6) is -5.61. The summed E-state index contributed by atoms with van der Waals surface area (Å²) in [5.41, 5.74) is 12.7. The number of rotatable bonds is 32. The lowest BCUT2D eigenvalue weighted by atomic mass is 9.82. The zero-order chi connectivity index (χ0) is 58.6. The number of carbonyl (C=O) groups is 8. The first-order chi connectivity index (χ1) is 37.3. The molecule has 0 radical (unpaired) electrons. The molecule has 0 aliphatic carbocycles. The molecule has 0 saturated carbocycles. The fourth-order valence-electron chi connectivity index (χ4n) is 9.85. The molecule has 1 aromatic heterocycles. The van der Waals surface area contributed by atoms with Crippen LogP contribution < -0.4 is 38.1 Å². The van der Waals surface area contributed by atoms with Crippen LogP contribution in [0.1, 0.15) is 136 Å². The molecular formula is C57H84F2N10O10. The average molecular weight is 1110 g/mol. The number of carboxylic acid groups (broad SMARTS) is 1. The quantitative estimate of drug-likeness (QED) is 0.0381. The number of nitrogens with one attached hydrogen (secondary N) is 5.